The van der Waals surface area contributed by atoms with Gasteiger partial charge in [-0.2, -0.15) is 0 Å². The second-order valence-corrected chi connectivity index (χ2v) is 6.83. The molecule has 0 bridgehead atoms. The number of hydrogen-bond acceptors (Lipinski definition) is 2. The fourth-order valence-corrected chi connectivity index (χ4v) is 2.91. The molecular formula is C17H27ClN2. The van der Waals surface area contributed by atoms with E-state index in [9.17, 15) is 0 Å². The Morgan fingerprint density at radius 2 is 2.00 bits per heavy atom. The van der Waals surface area contributed by atoms with Crippen molar-refractivity contribution in [3.8, 4) is 0 Å². The van der Waals surface area contributed by atoms with E-state index in [1.807, 2.05) is 12.1 Å². The first-order valence-corrected chi connectivity index (χ1v) is 8.07. The van der Waals surface area contributed by atoms with Gasteiger partial charge in [0.15, 0.2) is 0 Å². The predicted molar refractivity (Wildman–Crippen MR) is 87.3 cm³/mol. The van der Waals surface area contributed by atoms with Crippen LogP contribution < -0.4 is 5.32 Å². The summed E-state index contributed by atoms with van der Waals surface area (Å²) in [7, 11) is 2.23. The average molecular weight is 295 g/mol. The van der Waals surface area contributed by atoms with Crippen LogP contribution in [0.25, 0.3) is 0 Å². The molecule has 2 nitrogen and oxygen atoms in total. The Morgan fingerprint density at radius 1 is 1.30 bits per heavy atom. The minimum absolute atomic E-state index is 0.377. The molecule has 1 aromatic carbocycles. The molecule has 0 amide bonds. The van der Waals surface area contributed by atoms with Crippen LogP contribution in [0.4, 0.5) is 0 Å². The van der Waals surface area contributed by atoms with Gasteiger partial charge in [-0.3, -0.25) is 4.90 Å². The number of hydrogen-bond donors (Lipinski definition) is 1. The van der Waals surface area contributed by atoms with Crippen molar-refractivity contribution in [2.45, 2.75) is 51.7 Å². The van der Waals surface area contributed by atoms with Crippen LogP contribution in [0.5, 0.6) is 0 Å². The van der Waals surface area contributed by atoms with Crippen molar-refractivity contribution < 1.29 is 0 Å². The summed E-state index contributed by atoms with van der Waals surface area (Å²) < 4.78 is 0. The Hall–Kier alpha value is -0.570. The molecule has 0 aromatic heterocycles. The first-order chi connectivity index (χ1) is 9.49. The smallest absolute Gasteiger partial charge is 0.0409 e. The highest BCUT2D eigenvalue weighted by molar-refractivity contribution is 6.30. The van der Waals surface area contributed by atoms with Gasteiger partial charge in [-0.1, -0.05) is 37.6 Å². The van der Waals surface area contributed by atoms with E-state index in [0.29, 0.717) is 18.0 Å². The van der Waals surface area contributed by atoms with Crippen LogP contribution in [0.1, 0.15) is 45.2 Å². The first-order valence-electron chi connectivity index (χ1n) is 7.69. The van der Waals surface area contributed by atoms with Crippen molar-refractivity contribution in [3.63, 3.8) is 0 Å². The summed E-state index contributed by atoms with van der Waals surface area (Å²) >= 11 is 6.12. The second-order valence-electron chi connectivity index (χ2n) is 6.39. The highest BCUT2D eigenvalue weighted by atomic mass is 35.5. The van der Waals surface area contributed by atoms with Crippen LogP contribution in [0.3, 0.4) is 0 Å². The molecule has 1 aromatic rings. The lowest BCUT2D eigenvalue weighted by Crippen LogP contribution is -2.45. The quantitative estimate of drug-likeness (QED) is 0.814. The van der Waals surface area contributed by atoms with Crippen molar-refractivity contribution in [1.29, 1.82) is 0 Å². The molecule has 1 N–H and O–H groups in total. The van der Waals surface area contributed by atoms with Gasteiger partial charge in [-0.15, -0.1) is 0 Å². The Morgan fingerprint density at radius 3 is 2.55 bits per heavy atom. The standard InChI is InChI=1S/C17H27ClN2/c1-12(2)17(11-19-16-8-9-16)20(4)13(3)14-6-5-7-15(18)10-14/h5-7,10,12-13,16-17,19H,8-9,11H2,1-4H3. The molecule has 2 unspecified atom stereocenters. The third-order valence-corrected chi connectivity index (χ3v) is 4.66. The van der Waals surface area contributed by atoms with E-state index >= 15 is 0 Å². The molecular weight excluding hydrogens is 268 g/mol. The maximum atomic E-state index is 6.12. The van der Waals surface area contributed by atoms with Gasteiger partial charge in [0.25, 0.3) is 0 Å². The molecule has 1 aliphatic rings. The Bertz CT molecular complexity index is 429. The van der Waals surface area contributed by atoms with Gasteiger partial charge >= 0.3 is 0 Å². The molecule has 3 heteroatoms. The molecule has 20 heavy (non-hydrogen) atoms. The largest absolute Gasteiger partial charge is 0.312 e. The lowest BCUT2D eigenvalue weighted by Gasteiger charge is -2.36. The number of rotatable bonds is 7. The van der Waals surface area contributed by atoms with Crippen LogP contribution in [-0.4, -0.2) is 30.6 Å². The lowest BCUT2D eigenvalue weighted by molar-refractivity contribution is 0.141. The molecule has 0 aliphatic heterocycles. The van der Waals surface area contributed by atoms with E-state index in [2.05, 4.69) is 50.2 Å². The van der Waals surface area contributed by atoms with Crippen LogP contribution in [0, 0.1) is 5.92 Å². The van der Waals surface area contributed by atoms with Gasteiger partial charge in [-0.25, -0.2) is 0 Å². The summed E-state index contributed by atoms with van der Waals surface area (Å²) in [4.78, 5) is 2.48. The zero-order chi connectivity index (χ0) is 14.7. The molecule has 1 saturated carbocycles. The van der Waals surface area contributed by atoms with Gasteiger partial charge in [-0.05, 0) is 50.4 Å². The van der Waals surface area contributed by atoms with Crippen molar-refractivity contribution in [1.82, 2.24) is 10.2 Å². The third kappa shape index (κ3) is 4.21. The lowest BCUT2D eigenvalue weighted by atomic mass is 9.98. The molecule has 2 rings (SSSR count). The molecule has 112 valence electrons. The van der Waals surface area contributed by atoms with Crippen molar-refractivity contribution in [2.75, 3.05) is 13.6 Å². The van der Waals surface area contributed by atoms with E-state index in [-0.39, 0.29) is 0 Å². The van der Waals surface area contributed by atoms with E-state index in [0.717, 1.165) is 17.6 Å². The normalized spacial score (nSPS) is 18.6. The fraction of sp³-hybridized carbons (Fsp3) is 0.647. The number of benzene rings is 1. The fourth-order valence-electron chi connectivity index (χ4n) is 2.71. The van der Waals surface area contributed by atoms with Gasteiger partial charge in [0.1, 0.15) is 0 Å². The predicted octanol–water partition coefficient (Wildman–Crippen LogP) is 4.11. The maximum absolute atomic E-state index is 6.12. The van der Waals surface area contributed by atoms with Crippen LogP contribution in [0.2, 0.25) is 5.02 Å². The highest BCUT2D eigenvalue weighted by Crippen LogP contribution is 2.26. The minimum Gasteiger partial charge on any atom is -0.312 e. The Labute approximate surface area is 128 Å². The maximum Gasteiger partial charge on any atom is 0.0409 e. The summed E-state index contributed by atoms with van der Waals surface area (Å²) in [6, 6.07) is 9.91. The highest BCUT2D eigenvalue weighted by Gasteiger charge is 2.27. The van der Waals surface area contributed by atoms with Gasteiger partial charge in [0, 0.05) is 29.7 Å². The minimum atomic E-state index is 0.377. The van der Waals surface area contributed by atoms with E-state index in [1.165, 1.54) is 18.4 Å². The Kier molecular flexibility index (Phi) is 5.48. The first kappa shape index (κ1) is 15.8. The molecule has 0 radical (unpaired) electrons. The zero-order valence-electron chi connectivity index (χ0n) is 13.1. The monoisotopic (exact) mass is 294 g/mol. The second kappa shape index (κ2) is 6.93. The zero-order valence-corrected chi connectivity index (χ0v) is 13.8. The molecule has 1 aliphatic carbocycles. The van der Waals surface area contributed by atoms with Crippen molar-refractivity contribution in [3.05, 3.63) is 34.9 Å². The molecule has 0 spiro atoms. The number of halogens is 1. The molecule has 1 fully saturated rings. The molecule has 0 heterocycles. The SMILES string of the molecule is CC(C)C(CNC1CC1)N(C)C(C)c1cccc(Cl)c1. The number of nitrogens with zero attached hydrogens (tertiary/aromatic N) is 1. The summed E-state index contributed by atoms with van der Waals surface area (Å²) in [6.45, 7) is 7.95. The molecule has 2 atom stereocenters. The van der Waals surface area contributed by atoms with Gasteiger partial charge in [0.2, 0.25) is 0 Å². The van der Waals surface area contributed by atoms with Crippen molar-refractivity contribution in [2.24, 2.45) is 5.92 Å². The van der Waals surface area contributed by atoms with Gasteiger partial charge in [0.05, 0.1) is 0 Å². The van der Waals surface area contributed by atoms with E-state index in [4.69, 9.17) is 11.6 Å². The van der Waals surface area contributed by atoms with Crippen LogP contribution in [-0.2, 0) is 0 Å². The third-order valence-electron chi connectivity index (χ3n) is 4.43. The summed E-state index contributed by atoms with van der Waals surface area (Å²) in [5, 5.41) is 4.49. The average Bonchev–Trinajstić information content (AvgIpc) is 3.21. The molecule has 0 saturated heterocycles. The summed E-state index contributed by atoms with van der Waals surface area (Å²) in [5.74, 6) is 0.632. The topological polar surface area (TPSA) is 15.3 Å². The van der Waals surface area contributed by atoms with Crippen LogP contribution >= 0.6 is 11.6 Å². The van der Waals surface area contributed by atoms with Crippen molar-refractivity contribution >= 4 is 11.6 Å². The van der Waals surface area contributed by atoms with Crippen LogP contribution in [0.15, 0.2) is 24.3 Å². The summed E-state index contributed by atoms with van der Waals surface area (Å²) in [6.07, 6.45) is 2.69. The summed E-state index contributed by atoms with van der Waals surface area (Å²) in [5.41, 5.74) is 1.29. The van der Waals surface area contributed by atoms with Gasteiger partial charge < -0.3 is 5.32 Å². The van der Waals surface area contributed by atoms with E-state index < -0.39 is 0 Å². The number of nitrogens with one attached hydrogen (secondary N) is 1. The number of likely N-dealkylation sites (N-methyl/N-ethyl adjacent to an activating group) is 1. The van der Waals surface area contributed by atoms with E-state index in [1.54, 1.807) is 0 Å². The Balaban J connectivity index is 2.02.